The van der Waals surface area contributed by atoms with Crippen molar-refractivity contribution < 1.29 is 4.79 Å². The number of halogens is 2. The fourth-order valence-electron chi connectivity index (χ4n) is 3.06. The molecular formula is C18H31Cl2N3O. The lowest BCUT2D eigenvalue weighted by Crippen LogP contribution is -2.51. The predicted molar refractivity (Wildman–Crippen MR) is 107 cm³/mol. The van der Waals surface area contributed by atoms with Crippen molar-refractivity contribution in [1.29, 1.82) is 0 Å². The third kappa shape index (κ3) is 6.15. The largest absolute Gasteiger partial charge is 0.372 e. The molecule has 138 valence electrons. The molecule has 2 unspecified atom stereocenters. The molecule has 1 aliphatic rings. The first-order chi connectivity index (χ1) is 10.7. The van der Waals surface area contributed by atoms with E-state index in [0.717, 1.165) is 44.5 Å². The van der Waals surface area contributed by atoms with E-state index < -0.39 is 0 Å². The van der Waals surface area contributed by atoms with E-state index in [0.29, 0.717) is 6.04 Å². The standard InChI is InChI=1S/C18H29N3O.2ClH/c1-4-13-21(5-2)16-10-8-15(9-11-16)18(22)20-17-7-6-12-19-14(17)3;;/h8-11,14,17,19H,4-7,12-13H2,1-3H3,(H,20,22);2*1H. The molecule has 2 atom stereocenters. The van der Waals surface area contributed by atoms with Gasteiger partial charge in [-0.05, 0) is 63.9 Å². The van der Waals surface area contributed by atoms with Gasteiger partial charge in [0.2, 0.25) is 0 Å². The summed E-state index contributed by atoms with van der Waals surface area (Å²) in [7, 11) is 0. The summed E-state index contributed by atoms with van der Waals surface area (Å²) in [6.45, 7) is 9.57. The number of benzene rings is 1. The van der Waals surface area contributed by atoms with Crippen LogP contribution in [0.5, 0.6) is 0 Å². The van der Waals surface area contributed by atoms with Crippen molar-refractivity contribution in [3.05, 3.63) is 29.8 Å². The lowest BCUT2D eigenvalue weighted by atomic mass is 9.99. The molecule has 0 aliphatic carbocycles. The van der Waals surface area contributed by atoms with E-state index in [-0.39, 0.29) is 36.8 Å². The summed E-state index contributed by atoms with van der Waals surface area (Å²) in [6, 6.07) is 8.55. The zero-order valence-electron chi connectivity index (χ0n) is 14.9. The van der Waals surface area contributed by atoms with Crippen molar-refractivity contribution in [2.45, 2.75) is 52.1 Å². The molecule has 0 spiro atoms. The third-order valence-corrected chi connectivity index (χ3v) is 4.45. The van der Waals surface area contributed by atoms with E-state index in [1.54, 1.807) is 0 Å². The van der Waals surface area contributed by atoms with Crippen LogP contribution in [-0.2, 0) is 0 Å². The summed E-state index contributed by atoms with van der Waals surface area (Å²) >= 11 is 0. The maximum Gasteiger partial charge on any atom is 0.251 e. The average molecular weight is 376 g/mol. The van der Waals surface area contributed by atoms with Crippen LogP contribution in [0.3, 0.4) is 0 Å². The fourth-order valence-corrected chi connectivity index (χ4v) is 3.06. The van der Waals surface area contributed by atoms with E-state index in [4.69, 9.17) is 0 Å². The van der Waals surface area contributed by atoms with Crippen LogP contribution in [0, 0.1) is 0 Å². The Bertz CT molecular complexity index is 482. The minimum atomic E-state index is 0. The van der Waals surface area contributed by atoms with Gasteiger partial charge in [-0.25, -0.2) is 0 Å². The molecule has 1 saturated heterocycles. The van der Waals surface area contributed by atoms with Crippen molar-refractivity contribution in [3.63, 3.8) is 0 Å². The van der Waals surface area contributed by atoms with Crippen LogP contribution < -0.4 is 15.5 Å². The SMILES string of the molecule is CCCN(CC)c1ccc(C(=O)NC2CCCNC2C)cc1.Cl.Cl. The van der Waals surface area contributed by atoms with E-state index in [1.807, 2.05) is 12.1 Å². The number of anilines is 1. The third-order valence-electron chi connectivity index (χ3n) is 4.45. The van der Waals surface area contributed by atoms with Crippen molar-refractivity contribution in [3.8, 4) is 0 Å². The first kappa shape index (κ1) is 23.0. The molecule has 1 aromatic carbocycles. The van der Waals surface area contributed by atoms with Crippen molar-refractivity contribution in [2.75, 3.05) is 24.5 Å². The molecule has 1 fully saturated rings. The topological polar surface area (TPSA) is 44.4 Å². The van der Waals surface area contributed by atoms with E-state index >= 15 is 0 Å². The lowest BCUT2D eigenvalue weighted by molar-refractivity contribution is 0.0920. The molecule has 4 nitrogen and oxygen atoms in total. The molecule has 6 heteroatoms. The molecule has 0 bridgehead atoms. The molecule has 1 heterocycles. The second kappa shape index (κ2) is 11.6. The van der Waals surface area contributed by atoms with Gasteiger partial charge >= 0.3 is 0 Å². The smallest absolute Gasteiger partial charge is 0.251 e. The number of hydrogen-bond acceptors (Lipinski definition) is 3. The zero-order chi connectivity index (χ0) is 15.9. The second-order valence-corrected chi connectivity index (χ2v) is 6.09. The fraction of sp³-hybridized carbons (Fsp3) is 0.611. The Morgan fingerprint density at radius 3 is 2.46 bits per heavy atom. The predicted octanol–water partition coefficient (Wildman–Crippen LogP) is 3.64. The maximum atomic E-state index is 12.4. The van der Waals surface area contributed by atoms with E-state index in [1.165, 1.54) is 5.69 Å². The lowest BCUT2D eigenvalue weighted by Gasteiger charge is -2.30. The van der Waals surface area contributed by atoms with Crippen LogP contribution in [0.1, 0.15) is 50.4 Å². The van der Waals surface area contributed by atoms with Gasteiger partial charge in [0.15, 0.2) is 0 Å². The maximum absolute atomic E-state index is 12.4. The summed E-state index contributed by atoms with van der Waals surface area (Å²) < 4.78 is 0. The Kier molecular flexibility index (Phi) is 11.1. The number of amides is 1. The molecule has 0 saturated carbocycles. The first-order valence-electron chi connectivity index (χ1n) is 8.55. The Hall–Kier alpha value is -0.970. The van der Waals surface area contributed by atoms with Crippen LogP contribution >= 0.6 is 24.8 Å². The van der Waals surface area contributed by atoms with Gasteiger partial charge in [-0.15, -0.1) is 24.8 Å². The Balaban J connectivity index is 0.00000264. The molecular weight excluding hydrogens is 345 g/mol. The number of nitrogens with zero attached hydrogens (tertiary/aromatic N) is 1. The Morgan fingerprint density at radius 2 is 1.92 bits per heavy atom. The average Bonchev–Trinajstić information content (AvgIpc) is 2.55. The number of nitrogens with one attached hydrogen (secondary N) is 2. The van der Waals surface area contributed by atoms with E-state index in [9.17, 15) is 4.79 Å². The van der Waals surface area contributed by atoms with Gasteiger partial charge in [0.25, 0.3) is 5.91 Å². The van der Waals surface area contributed by atoms with Gasteiger partial charge in [0, 0.05) is 36.4 Å². The summed E-state index contributed by atoms with van der Waals surface area (Å²) in [5, 5.41) is 6.57. The monoisotopic (exact) mass is 375 g/mol. The van der Waals surface area contributed by atoms with Gasteiger partial charge < -0.3 is 15.5 Å². The van der Waals surface area contributed by atoms with E-state index in [2.05, 4.69) is 48.4 Å². The first-order valence-corrected chi connectivity index (χ1v) is 8.55. The molecule has 2 N–H and O–H groups in total. The van der Waals surface area contributed by atoms with Crippen molar-refractivity contribution in [2.24, 2.45) is 0 Å². The highest BCUT2D eigenvalue weighted by Gasteiger charge is 2.22. The van der Waals surface area contributed by atoms with Gasteiger partial charge in [-0.1, -0.05) is 6.92 Å². The highest BCUT2D eigenvalue weighted by atomic mass is 35.5. The molecule has 0 radical (unpaired) electrons. The second-order valence-electron chi connectivity index (χ2n) is 6.09. The van der Waals surface area contributed by atoms with Gasteiger partial charge in [0.1, 0.15) is 0 Å². The van der Waals surface area contributed by atoms with Crippen LogP contribution in [0.15, 0.2) is 24.3 Å². The van der Waals surface area contributed by atoms with Gasteiger partial charge in [-0.2, -0.15) is 0 Å². The van der Waals surface area contributed by atoms with Gasteiger partial charge in [-0.3, -0.25) is 4.79 Å². The summed E-state index contributed by atoms with van der Waals surface area (Å²) in [5.41, 5.74) is 1.93. The minimum absolute atomic E-state index is 0. The number of carbonyl (C=O) groups excluding carboxylic acids is 1. The highest BCUT2D eigenvalue weighted by molar-refractivity contribution is 5.94. The molecule has 2 rings (SSSR count). The van der Waals surface area contributed by atoms with Crippen LogP contribution in [0.2, 0.25) is 0 Å². The Labute approximate surface area is 158 Å². The summed E-state index contributed by atoms with van der Waals surface area (Å²) in [5.74, 6) is 0.0330. The summed E-state index contributed by atoms with van der Waals surface area (Å²) in [4.78, 5) is 14.7. The van der Waals surface area contributed by atoms with Crippen LogP contribution in [-0.4, -0.2) is 37.6 Å². The number of rotatable bonds is 6. The molecule has 1 aromatic rings. The quantitative estimate of drug-likeness (QED) is 0.797. The Morgan fingerprint density at radius 1 is 1.25 bits per heavy atom. The molecule has 1 amide bonds. The van der Waals surface area contributed by atoms with Crippen LogP contribution in [0.4, 0.5) is 5.69 Å². The normalized spacial score (nSPS) is 19.6. The number of piperidine rings is 1. The highest BCUT2D eigenvalue weighted by Crippen LogP contribution is 2.16. The zero-order valence-corrected chi connectivity index (χ0v) is 16.5. The molecule has 24 heavy (non-hydrogen) atoms. The molecule has 0 aromatic heterocycles. The van der Waals surface area contributed by atoms with Crippen molar-refractivity contribution in [1.82, 2.24) is 10.6 Å². The van der Waals surface area contributed by atoms with Crippen LogP contribution in [0.25, 0.3) is 0 Å². The molecule has 1 aliphatic heterocycles. The van der Waals surface area contributed by atoms with Crippen molar-refractivity contribution >= 4 is 36.4 Å². The number of carbonyl (C=O) groups is 1. The number of hydrogen-bond donors (Lipinski definition) is 2. The van der Waals surface area contributed by atoms with Gasteiger partial charge in [0.05, 0.1) is 0 Å². The minimum Gasteiger partial charge on any atom is -0.372 e. The summed E-state index contributed by atoms with van der Waals surface area (Å²) in [6.07, 6.45) is 3.30.